The molecule has 2 aliphatic heterocycles. The van der Waals surface area contributed by atoms with Crippen molar-refractivity contribution in [3.8, 4) is 11.8 Å². The molecule has 6 rings (SSSR count). The Balaban J connectivity index is 0.917. The first-order valence-corrected chi connectivity index (χ1v) is 15.6. The van der Waals surface area contributed by atoms with Crippen molar-refractivity contribution in [3.05, 3.63) is 47.5 Å². The number of halogens is 2. The van der Waals surface area contributed by atoms with Crippen LogP contribution >= 0.6 is 0 Å². The van der Waals surface area contributed by atoms with Gasteiger partial charge in [-0.3, -0.25) is 19.6 Å². The number of likely N-dealkylation sites (tertiary alicyclic amines) is 1. The van der Waals surface area contributed by atoms with Gasteiger partial charge in [-0.15, -0.1) is 0 Å². The number of hydrogen-bond acceptors (Lipinski definition) is 7. The molecule has 1 atom stereocenters. The maximum Gasteiger partial charge on any atom is 0.284 e. The number of anilines is 1. The Kier molecular flexibility index (Phi) is 9.28. The number of fused-ring (bicyclic) bond motifs is 1. The summed E-state index contributed by atoms with van der Waals surface area (Å²) in [5, 5.41) is 10.3. The summed E-state index contributed by atoms with van der Waals surface area (Å²) in [7, 11) is 1.65. The number of rotatable bonds is 8. The van der Waals surface area contributed by atoms with Gasteiger partial charge in [-0.05, 0) is 69.1 Å². The Morgan fingerprint density at radius 3 is 2.64 bits per heavy atom. The summed E-state index contributed by atoms with van der Waals surface area (Å²) in [5.74, 6) is 6.01. The number of aromatic nitrogens is 2. The van der Waals surface area contributed by atoms with Crippen LogP contribution in [0.5, 0.6) is 0 Å². The topological polar surface area (TPSA) is 102 Å². The molecule has 2 N–H and O–H groups in total. The van der Waals surface area contributed by atoms with E-state index < -0.39 is 6.43 Å². The summed E-state index contributed by atoms with van der Waals surface area (Å²) < 4.78 is 40.1. The van der Waals surface area contributed by atoms with Crippen LogP contribution in [-0.2, 0) is 14.3 Å². The number of nitrogens with one attached hydrogen (secondary N) is 2. The average molecular weight is 608 g/mol. The second kappa shape index (κ2) is 13.5. The monoisotopic (exact) mass is 607 g/mol. The van der Waals surface area contributed by atoms with E-state index in [0.717, 1.165) is 74.7 Å². The fourth-order valence-corrected chi connectivity index (χ4v) is 6.85. The van der Waals surface area contributed by atoms with Crippen LogP contribution in [0.2, 0.25) is 0 Å². The van der Waals surface area contributed by atoms with E-state index in [1.165, 1.54) is 0 Å². The highest BCUT2D eigenvalue weighted by molar-refractivity contribution is 6.02. The van der Waals surface area contributed by atoms with Gasteiger partial charge in [0.1, 0.15) is 12.2 Å². The van der Waals surface area contributed by atoms with Gasteiger partial charge in [-0.1, -0.05) is 11.8 Å². The van der Waals surface area contributed by atoms with Crippen molar-refractivity contribution in [2.45, 2.75) is 75.9 Å². The number of ether oxygens (including phenoxy) is 1. The number of imide groups is 1. The lowest BCUT2D eigenvalue weighted by Crippen LogP contribution is -2.40. The molecule has 234 valence electrons. The number of benzene rings is 1. The van der Waals surface area contributed by atoms with Crippen LogP contribution in [0.4, 0.5) is 14.5 Å². The fraction of sp³-hybridized carbons (Fsp3) is 0.545. The Morgan fingerprint density at radius 2 is 1.93 bits per heavy atom. The molecule has 0 bridgehead atoms. The first-order valence-electron chi connectivity index (χ1n) is 15.6. The molecule has 44 heavy (non-hydrogen) atoms. The molecule has 0 radical (unpaired) electrons. The molecule has 1 unspecified atom stereocenters. The number of alkyl halides is 2. The number of piperidine rings is 2. The Bertz CT molecular complexity index is 1540. The van der Waals surface area contributed by atoms with Crippen LogP contribution in [0.25, 0.3) is 11.0 Å². The average Bonchev–Trinajstić information content (AvgIpc) is 3.65. The minimum Gasteiger partial charge on any atom is -0.464 e. The number of carbonyl (C=O) groups excluding carboxylic acids is 2. The maximum absolute atomic E-state index is 13.3. The summed E-state index contributed by atoms with van der Waals surface area (Å²) in [6.07, 6.45) is 7.81. The zero-order valence-electron chi connectivity index (χ0n) is 25.0. The second-order valence-corrected chi connectivity index (χ2v) is 12.2. The summed E-state index contributed by atoms with van der Waals surface area (Å²) >= 11 is 0. The first kappa shape index (κ1) is 30.3. The molecule has 9 nitrogen and oxygen atoms in total. The van der Waals surface area contributed by atoms with Crippen LogP contribution in [-0.4, -0.2) is 65.9 Å². The van der Waals surface area contributed by atoms with Crippen LogP contribution in [0.1, 0.15) is 86.6 Å². The second-order valence-electron chi connectivity index (χ2n) is 12.2. The highest BCUT2D eigenvalue weighted by Crippen LogP contribution is 2.36. The summed E-state index contributed by atoms with van der Waals surface area (Å²) in [5.41, 5.74) is 2.54. The molecule has 3 aliphatic rings. The van der Waals surface area contributed by atoms with Gasteiger partial charge in [0.25, 0.3) is 6.43 Å². The molecule has 1 aliphatic carbocycles. The Morgan fingerprint density at radius 1 is 1.14 bits per heavy atom. The van der Waals surface area contributed by atoms with E-state index in [0.29, 0.717) is 36.6 Å². The van der Waals surface area contributed by atoms with Gasteiger partial charge in [0, 0.05) is 55.8 Å². The normalized spacial score (nSPS) is 23.5. The molecule has 4 heterocycles. The van der Waals surface area contributed by atoms with Gasteiger partial charge < -0.3 is 19.4 Å². The van der Waals surface area contributed by atoms with Gasteiger partial charge in [-0.2, -0.15) is 5.10 Å². The highest BCUT2D eigenvalue weighted by Gasteiger charge is 2.31. The smallest absolute Gasteiger partial charge is 0.284 e. The minimum atomic E-state index is -2.57. The van der Waals surface area contributed by atoms with E-state index in [2.05, 4.69) is 32.5 Å². The molecule has 2 saturated heterocycles. The first-order chi connectivity index (χ1) is 21.4. The molecule has 1 saturated carbocycles. The molecule has 3 aromatic rings. The van der Waals surface area contributed by atoms with E-state index in [1.807, 2.05) is 18.2 Å². The third-order valence-corrected chi connectivity index (χ3v) is 9.32. The molecule has 0 spiro atoms. The van der Waals surface area contributed by atoms with Crippen molar-refractivity contribution in [2.75, 3.05) is 38.6 Å². The highest BCUT2D eigenvalue weighted by atomic mass is 19.3. The largest absolute Gasteiger partial charge is 0.464 e. The van der Waals surface area contributed by atoms with Gasteiger partial charge >= 0.3 is 0 Å². The van der Waals surface area contributed by atoms with Crippen molar-refractivity contribution >= 4 is 28.5 Å². The summed E-state index contributed by atoms with van der Waals surface area (Å²) in [6.45, 7) is 3.45. The van der Waals surface area contributed by atoms with Gasteiger partial charge in [0.15, 0.2) is 5.69 Å². The Labute approximate surface area is 255 Å². The van der Waals surface area contributed by atoms with Crippen LogP contribution in [0.3, 0.4) is 0 Å². The summed E-state index contributed by atoms with van der Waals surface area (Å²) in [4.78, 5) is 26.3. The van der Waals surface area contributed by atoms with E-state index in [-0.39, 0.29) is 35.6 Å². The Hall–Kier alpha value is -3.75. The predicted octanol–water partition coefficient (Wildman–Crippen LogP) is 5.39. The third kappa shape index (κ3) is 6.81. The van der Waals surface area contributed by atoms with Crippen molar-refractivity contribution in [1.82, 2.24) is 20.0 Å². The lowest BCUT2D eigenvalue weighted by atomic mass is 9.85. The standard InChI is InChI=1S/C33H39F2N5O4/c1-36-28-19-40(38-31(28)32(34)35)23-7-4-22(5-8-23)18-39-14-12-24(13-15-39)43-16-2-3-21-6-9-25-27(20-44-29(25)17-21)26-10-11-30(41)37-33(26)42/h6,9,17,19-20,22-24,26,32,36H,4-5,7-8,10-16,18H2,1H3,(H,37,41,42). The number of amides is 2. The lowest BCUT2D eigenvalue weighted by molar-refractivity contribution is -0.134. The van der Waals surface area contributed by atoms with E-state index in [9.17, 15) is 18.4 Å². The molecule has 1 aromatic carbocycles. The van der Waals surface area contributed by atoms with Crippen LogP contribution < -0.4 is 10.6 Å². The zero-order chi connectivity index (χ0) is 30.6. The molecule has 2 amide bonds. The number of hydrogen-bond donors (Lipinski definition) is 2. The molecule has 11 heteroatoms. The molecular formula is C33H39F2N5O4. The zero-order valence-corrected chi connectivity index (χ0v) is 25.0. The van der Waals surface area contributed by atoms with Crippen LogP contribution in [0.15, 0.2) is 35.1 Å². The maximum atomic E-state index is 13.3. The number of carbonyl (C=O) groups is 2. The molecule has 2 aromatic heterocycles. The number of furan rings is 1. The van der Waals surface area contributed by atoms with Crippen LogP contribution in [0, 0.1) is 17.8 Å². The minimum absolute atomic E-state index is 0.164. The van der Waals surface area contributed by atoms with Gasteiger partial charge in [0.2, 0.25) is 11.8 Å². The lowest BCUT2D eigenvalue weighted by Gasteiger charge is -2.36. The van der Waals surface area contributed by atoms with E-state index in [4.69, 9.17) is 9.15 Å². The number of nitrogens with zero attached hydrogens (tertiary/aromatic N) is 3. The van der Waals surface area contributed by atoms with Crippen molar-refractivity contribution < 1.29 is 27.5 Å². The van der Waals surface area contributed by atoms with E-state index >= 15 is 0 Å². The summed E-state index contributed by atoms with van der Waals surface area (Å²) in [6, 6.07) is 5.90. The fourth-order valence-electron chi connectivity index (χ4n) is 6.85. The van der Waals surface area contributed by atoms with Crippen molar-refractivity contribution in [2.24, 2.45) is 5.92 Å². The molecule has 3 fully saturated rings. The third-order valence-electron chi connectivity index (χ3n) is 9.32. The molecular weight excluding hydrogens is 568 g/mol. The van der Waals surface area contributed by atoms with Crippen molar-refractivity contribution in [1.29, 1.82) is 0 Å². The van der Waals surface area contributed by atoms with Gasteiger partial charge in [0.05, 0.1) is 30.0 Å². The predicted molar refractivity (Wildman–Crippen MR) is 161 cm³/mol. The quantitative estimate of drug-likeness (QED) is 0.262. The SMILES string of the molecule is CNc1cn(C2CCC(CN3CCC(OCC#Cc4ccc5c(C6CCC(=O)NC6=O)coc5c4)CC3)CC2)nc1C(F)F. The van der Waals surface area contributed by atoms with E-state index in [1.54, 1.807) is 24.2 Å². The van der Waals surface area contributed by atoms with Gasteiger partial charge in [-0.25, -0.2) is 8.78 Å². The van der Waals surface area contributed by atoms with Crippen molar-refractivity contribution in [3.63, 3.8) is 0 Å².